The van der Waals surface area contributed by atoms with E-state index in [0.717, 1.165) is 5.56 Å². The average Bonchev–Trinajstić information content (AvgIpc) is 2.88. The van der Waals surface area contributed by atoms with Crippen LogP contribution in [0.2, 0.25) is 0 Å². The third-order valence-electron chi connectivity index (χ3n) is 4.82. The van der Waals surface area contributed by atoms with Gasteiger partial charge < -0.3 is 9.64 Å². The second kappa shape index (κ2) is 8.11. The van der Waals surface area contributed by atoms with Crippen LogP contribution in [0.4, 0.5) is 5.69 Å². The van der Waals surface area contributed by atoms with Crippen molar-refractivity contribution in [1.29, 1.82) is 0 Å². The Kier molecular flexibility index (Phi) is 6.43. The zero-order chi connectivity index (χ0) is 21.4. The Bertz CT molecular complexity index is 855. The Hall–Kier alpha value is -2.09. The third kappa shape index (κ3) is 4.48. The number of sulfonamides is 1. The summed E-state index contributed by atoms with van der Waals surface area (Å²) in [5.74, 6) is -0.835. The van der Waals surface area contributed by atoms with E-state index in [1.807, 2.05) is 34.6 Å². The molecule has 0 N–H and O–H groups in total. The van der Waals surface area contributed by atoms with Crippen molar-refractivity contribution in [3.63, 3.8) is 0 Å². The normalized spacial score (nSPS) is 17.6. The largest absolute Gasteiger partial charge is 0.449 e. The van der Waals surface area contributed by atoms with Gasteiger partial charge in [-0.1, -0.05) is 0 Å². The van der Waals surface area contributed by atoms with Gasteiger partial charge in [0.2, 0.25) is 10.0 Å². The SMILES string of the molecule is CC(OC(=O)c1ccc2c(c1)CC(C)N2S(C)(=O)=O)C(=O)N(C(C)C)C(C)C. The van der Waals surface area contributed by atoms with Crippen molar-refractivity contribution in [2.75, 3.05) is 10.6 Å². The number of rotatable bonds is 6. The quantitative estimate of drug-likeness (QED) is 0.673. The van der Waals surface area contributed by atoms with Crippen LogP contribution in [0.3, 0.4) is 0 Å². The Labute approximate surface area is 167 Å². The van der Waals surface area contributed by atoms with E-state index in [2.05, 4.69) is 0 Å². The summed E-state index contributed by atoms with van der Waals surface area (Å²) in [6.07, 6.45) is 0.785. The van der Waals surface area contributed by atoms with Crippen molar-refractivity contribution in [3.8, 4) is 0 Å². The fraction of sp³-hybridized carbons (Fsp3) is 0.600. The molecule has 2 unspecified atom stereocenters. The molecule has 2 atom stereocenters. The maximum Gasteiger partial charge on any atom is 0.338 e. The highest BCUT2D eigenvalue weighted by molar-refractivity contribution is 7.92. The Morgan fingerprint density at radius 2 is 1.71 bits per heavy atom. The second-order valence-corrected chi connectivity index (χ2v) is 9.80. The van der Waals surface area contributed by atoms with E-state index in [4.69, 9.17) is 4.74 Å². The van der Waals surface area contributed by atoms with Crippen LogP contribution in [-0.2, 0) is 26.0 Å². The van der Waals surface area contributed by atoms with Crippen molar-refractivity contribution in [2.24, 2.45) is 0 Å². The molecule has 28 heavy (non-hydrogen) atoms. The lowest BCUT2D eigenvalue weighted by Gasteiger charge is -2.32. The molecule has 1 aliphatic heterocycles. The van der Waals surface area contributed by atoms with Crippen LogP contribution in [0.1, 0.15) is 57.5 Å². The van der Waals surface area contributed by atoms with Gasteiger partial charge in [-0.3, -0.25) is 9.10 Å². The summed E-state index contributed by atoms with van der Waals surface area (Å²) in [6, 6.07) is 4.60. The Morgan fingerprint density at radius 3 is 2.21 bits per heavy atom. The van der Waals surface area contributed by atoms with Gasteiger partial charge in [0.05, 0.1) is 17.5 Å². The van der Waals surface area contributed by atoms with E-state index in [0.29, 0.717) is 17.7 Å². The molecule has 0 saturated carbocycles. The molecule has 0 radical (unpaired) electrons. The number of amides is 1. The Balaban J connectivity index is 2.19. The van der Waals surface area contributed by atoms with Crippen molar-refractivity contribution < 1.29 is 22.7 Å². The summed E-state index contributed by atoms with van der Waals surface area (Å²) in [6.45, 7) is 11.1. The first-order valence-electron chi connectivity index (χ1n) is 9.50. The van der Waals surface area contributed by atoms with Crippen molar-refractivity contribution in [1.82, 2.24) is 4.90 Å². The van der Waals surface area contributed by atoms with Gasteiger partial charge in [-0.2, -0.15) is 0 Å². The lowest BCUT2D eigenvalue weighted by Crippen LogP contribution is -2.47. The summed E-state index contributed by atoms with van der Waals surface area (Å²) >= 11 is 0. The predicted molar refractivity (Wildman–Crippen MR) is 109 cm³/mol. The summed E-state index contributed by atoms with van der Waals surface area (Å²) in [5, 5.41) is 0. The number of anilines is 1. The van der Waals surface area contributed by atoms with Gasteiger partial charge in [0.15, 0.2) is 6.10 Å². The van der Waals surface area contributed by atoms with Gasteiger partial charge in [0.25, 0.3) is 5.91 Å². The molecular formula is C20H30N2O5S. The van der Waals surface area contributed by atoms with E-state index >= 15 is 0 Å². The van der Waals surface area contributed by atoms with Gasteiger partial charge in [-0.25, -0.2) is 13.2 Å². The van der Waals surface area contributed by atoms with Crippen LogP contribution in [0.25, 0.3) is 0 Å². The topological polar surface area (TPSA) is 84.0 Å². The standard InChI is InChI=1S/C20H30N2O5S/c1-12(2)21(13(3)4)19(23)15(6)27-20(24)16-8-9-18-17(11-16)10-14(5)22(18)28(7,25)26/h8-9,11-15H,10H2,1-7H3. The smallest absolute Gasteiger partial charge is 0.338 e. The number of fused-ring (bicyclic) bond motifs is 1. The van der Waals surface area contributed by atoms with Gasteiger partial charge in [0, 0.05) is 18.1 Å². The zero-order valence-corrected chi connectivity index (χ0v) is 18.4. The van der Waals surface area contributed by atoms with E-state index in [1.54, 1.807) is 24.0 Å². The fourth-order valence-corrected chi connectivity index (χ4v) is 5.09. The monoisotopic (exact) mass is 410 g/mol. The van der Waals surface area contributed by atoms with Gasteiger partial charge >= 0.3 is 5.97 Å². The first-order valence-corrected chi connectivity index (χ1v) is 11.3. The molecule has 1 aromatic carbocycles. The van der Waals surface area contributed by atoms with Gasteiger partial charge in [0.1, 0.15) is 0 Å². The minimum absolute atomic E-state index is 0.00268. The van der Waals surface area contributed by atoms with Crippen LogP contribution in [-0.4, -0.2) is 55.7 Å². The van der Waals surface area contributed by atoms with Crippen molar-refractivity contribution in [2.45, 2.75) is 72.2 Å². The van der Waals surface area contributed by atoms with Crippen LogP contribution in [0.5, 0.6) is 0 Å². The summed E-state index contributed by atoms with van der Waals surface area (Å²) in [7, 11) is -3.39. The minimum atomic E-state index is -3.39. The van der Waals surface area contributed by atoms with E-state index in [9.17, 15) is 18.0 Å². The molecule has 1 heterocycles. The Morgan fingerprint density at radius 1 is 1.14 bits per heavy atom. The highest BCUT2D eigenvalue weighted by Gasteiger charge is 2.33. The number of carbonyl (C=O) groups excluding carboxylic acids is 2. The van der Waals surface area contributed by atoms with E-state index in [-0.39, 0.29) is 24.0 Å². The molecule has 0 spiro atoms. The number of benzene rings is 1. The molecule has 0 aromatic heterocycles. The molecule has 1 aromatic rings. The molecule has 0 saturated heterocycles. The third-order valence-corrected chi connectivity index (χ3v) is 6.10. The second-order valence-electron chi connectivity index (χ2n) is 7.94. The molecule has 2 rings (SSSR count). The molecule has 0 aliphatic carbocycles. The number of esters is 1. The summed E-state index contributed by atoms with van der Waals surface area (Å²) in [4.78, 5) is 26.9. The van der Waals surface area contributed by atoms with Crippen molar-refractivity contribution >= 4 is 27.6 Å². The van der Waals surface area contributed by atoms with Crippen LogP contribution < -0.4 is 4.31 Å². The maximum absolute atomic E-state index is 12.7. The number of nitrogens with zero attached hydrogens (tertiary/aromatic N) is 2. The molecule has 0 bridgehead atoms. The molecule has 156 valence electrons. The average molecular weight is 411 g/mol. The lowest BCUT2D eigenvalue weighted by molar-refractivity contribution is -0.143. The fourth-order valence-electron chi connectivity index (χ4n) is 3.83. The van der Waals surface area contributed by atoms with E-state index < -0.39 is 22.1 Å². The number of ether oxygens (including phenoxy) is 1. The molecular weight excluding hydrogens is 380 g/mol. The number of hydrogen-bond donors (Lipinski definition) is 0. The molecule has 0 fully saturated rings. The van der Waals surface area contributed by atoms with Gasteiger partial charge in [-0.15, -0.1) is 0 Å². The number of hydrogen-bond acceptors (Lipinski definition) is 5. The summed E-state index contributed by atoms with van der Waals surface area (Å²) < 4.78 is 30.8. The highest BCUT2D eigenvalue weighted by atomic mass is 32.2. The number of carbonyl (C=O) groups is 2. The molecule has 1 amide bonds. The minimum Gasteiger partial charge on any atom is -0.449 e. The first kappa shape index (κ1) is 22.2. The predicted octanol–water partition coefficient (Wildman–Crippen LogP) is 2.59. The van der Waals surface area contributed by atoms with Crippen molar-refractivity contribution in [3.05, 3.63) is 29.3 Å². The highest BCUT2D eigenvalue weighted by Crippen LogP contribution is 2.34. The molecule has 8 heteroatoms. The van der Waals surface area contributed by atoms with Crippen LogP contribution in [0.15, 0.2) is 18.2 Å². The molecule has 7 nitrogen and oxygen atoms in total. The van der Waals surface area contributed by atoms with Crippen LogP contribution in [0, 0.1) is 0 Å². The van der Waals surface area contributed by atoms with Crippen LogP contribution >= 0.6 is 0 Å². The molecule has 1 aliphatic rings. The lowest BCUT2D eigenvalue weighted by atomic mass is 10.1. The van der Waals surface area contributed by atoms with E-state index in [1.165, 1.54) is 16.6 Å². The maximum atomic E-state index is 12.7. The summed E-state index contributed by atoms with van der Waals surface area (Å²) in [5.41, 5.74) is 1.67. The zero-order valence-electron chi connectivity index (χ0n) is 17.6. The van der Waals surface area contributed by atoms with Gasteiger partial charge in [-0.05, 0) is 71.7 Å². The first-order chi connectivity index (χ1) is 12.8.